The van der Waals surface area contributed by atoms with Crippen LogP contribution in [0.5, 0.6) is 0 Å². The van der Waals surface area contributed by atoms with E-state index in [4.69, 9.17) is 9.47 Å². The number of carbonyl (C=O) groups is 3. The van der Waals surface area contributed by atoms with Gasteiger partial charge >= 0.3 is 5.97 Å². The van der Waals surface area contributed by atoms with Crippen LogP contribution < -0.4 is 0 Å². The summed E-state index contributed by atoms with van der Waals surface area (Å²) in [4.78, 5) is 38.0. The lowest BCUT2D eigenvalue weighted by Gasteiger charge is -2.68. The molecule has 0 aromatic rings. The van der Waals surface area contributed by atoms with E-state index < -0.39 is 5.60 Å². The standard InChI is InChI=1S/C26H34O5/c1-22-11-7-18-23(2)9-4-10-25(18,15-30-21(23)29)17(22)8-12-24(3)19(22)14-26(31-24)13-16(27)5-6-20(26)28/h5-6,17-19H,4,7-15H2,1-3H3/t17?,18?,19?,22-,23+,24+,25+,26-/m1/s1. The van der Waals surface area contributed by atoms with Gasteiger partial charge in [-0.1, -0.05) is 13.3 Å². The van der Waals surface area contributed by atoms with Crippen molar-refractivity contribution in [3.8, 4) is 0 Å². The summed E-state index contributed by atoms with van der Waals surface area (Å²) in [6, 6.07) is 0. The third-order valence-corrected chi connectivity index (χ3v) is 11.0. The maximum absolute atomic E-state index is 13.0. The van der Waals surface area contributed by atoms with E-state index in [1.165, 1.54) is 12.2 Å². The Morgan fingerprint density at radius 3 is 2.48 bits per heavy atom. The molecule has 1 spiro atoms. The Morgan fingerprint density at radius 1 is 0.903 bits per heavy atom. The molecule has 0 aromatic carbocycles. The first-order valence-electron chi connectivity index (χ1n) is 12.2. The Hall–Kier alpha value is -1.49. The molecular weight excluding hydrogens is 392 g/mol. The van der Waals surface area contributed by atoms with E-state index in [1.807, 2.05) is 0 Å². The van der Waals surface area contributed by atoms with Gasteiger partial charge in [-0.3, -0.25) is 14.4 Å². The number of carbonyl (C=O) groups excluding carboxylic acids is 3. The first-order valence-corrected chi connectivity index (χ1v) is 12.2. The van der Waals surface area contributed by atoms with Crippen LogP contribution in [-0.4, -0.2) is 35.3 Å². The summed E-state index contributed by atoms with van der Waals surface area (Å²) < 4.78 is 12.5. The number of hydrogen-bond donors (Lipinski definition) is 0. The van der Waals surface area contributed by atoms with Crippen molar-refractivity contribution in [1.82, 2.24) is 0 Å². The van der Waals surface area contributed by atoms with Crippen molar-refractivity contribution < 1.29 is 23.9 Å². The quantitative estimate of drug-likeness (QED) is 0.544. The van der Waals surface area contributed by atoms with E-state index in [1.54, 1.807) is 0 Å². The molecule has 0 amide bonds. The van der Waals surface area contributed by atoms with E-state index in [-0.39, 0.29) is 51.7 Å². The van der Waals surface area contributed by atoms with Crippen LogP contribution in [0.4, 0.5) is 0 Å². The number of rotatable bonds is 0. The van der Waals surface area contributed by atoms with Crippen LogP contribution in [0, 0.1) is 34.0 Å². The van der Waals surface area contributed by atoms with Crippen LogP contribution in [0.25, 0.3) is 0 Å². The van der Waals surface area contributed by atoms with Gasteiger partial charge in [-0.15, -0.1) is 0 Å². The Bertz CT molecular complexity index is 923. The van der Waals surface area contributed by atoms with Crippen LogP contribution in [0.1, 0.15) is 78.6 Å². The zero-order valence-electron chi connectivity index (χ0n) is 19.0. The molecule has 5 nitrogen and oxygen atoms in total. The van der Waals surface area contributed by atoms with Gasteiger partial charge in [0.05, 0.1) is 17.6 Å². The first-order chi connectivity index (χ1) is 14.6. The summed E-state index contributed by atoms with van der Waals surface area (Å²) in [5, 5.41) is 0. The van der Waals surface area contributed by atoms with Gasteiger partial charge in [0.15, 0.2) is 11.6 Å². The zero-order valence-corrected chi connectivity index (χ0v) is 19.0. The highest BCUT2D eigenvalue weighted by molar-refractivity contribution is 6.09. The zero-order chi connectivity index (χ0) is 21.9. The number of hydrogen-bond acceptors (Lipinski definition) is 5. The van der Waals surface area contributed by atoms with Gasteiger partial charge in [0.1, 0.15) is 5.60 Å². The molecule has 5 fully saturated rings. The molecule has 168 valence electrons. The van der Waals surface area contributed by atoms with Gasteiger partial charge in [0.2, 0.25) is 0 Å². The van der Waals surface area contributed by atoms with Gasteiger partial charge < -0.3 is 9.47 Å². The molecule has 0 aromatic heterocycles. The topological polar surface area (TPSA) is 69.7 Å². The second-order valence-electron chi connectivity index (χ2n) is 12.3. The molecule has 6 aliphatic rings. The lowest BCUT2D eigenvalue weighted by Crippen LogP contribution is -2.67. The van der Waals surface area contributed by atoms with Gasteiger partial charge in [-0.25, -0.2) is 0 Å². The van der Waals surface area contributed by atoms with Crippen molar-refractivity contribution in [1.29, 1.82) is 0 Å². The average Bonchev–Trinajstić information content (AvgIpc) is 3.02. The molecule has 0 radical (unpaired) electrons. The lowest BCUT2D eigenvalue weighted by molar-refractivity contribution is -0.252. The fourth-order valence-electron chi connectivity index (χ4n) is 9.69. The largest absolute Gasteiger partial charge is 0.465 e. The summed E-state index contributed by atoms with van der Waals surface area (Å²) in [6.45, 7) is 7.30. The summed E-state index contributed by atoms with van der Waals surface area (Å²) in [7, 11) is 0. The Balaban J connectivity index is 1.41. The highest BCUT2D eigenvalue weighted by atomic mass is 16.5. The van der Waals surface area contributed by atoms with Crippen molar-refractivity contribution in [3.05, 3.63) is 12.2 Å². The van der Waals surface area contributed by atoms with E-state index in [2.05, 4.69) is 20.8 Å². The highest BCUT2D eigenvalue weighted by Crippen LogP contribution is 2.73. The minimum absolute atomic E-state index is 0.00640. The smallest absolute Gasteiger partial charge is 0.312 e. The molecule has 4 aliphatic carbocycles. The molecule has 2 saturated heterocycles. The summed E-state index contributed by atoms with van der Waals surface area (Å²) in [5.41, 5.74) is -1.61. The van der Waals surface area contributed by atoms with Gasteiger partial charge in [-0.05, 0) is 94.1 Å². The minimum atomic E-state index is -0.974. The molecule has 3 saturated carbocycles. The first kappa shape index (κ1) is 20.1. The second kappa shape index (κ2) is 5.89. The maximum Gasteiger partial charge on any atom is 0.312 e. The van der Waals surface area contributed by atoms with Crippen molar-refractivity contribution in [2.45, 2.75) is 89.8 Å². The Labute approximate surface area is 184 Å². The lowest BCUT2D eigenvalue weighted by atomic mass is 9.37. The molecule has 6 rings (SSSR count). The van der Waals surface area contributed by atoms with E-state index >= 15 is 0 Å². The fourth-order valence-corrected chi connectivity index (χ4v) is 9.69. The fraction of sp³-hybridized carbons (Fsp3) is 0.808. The second-order valence-corrected chi connectivity index (χ2v) is 12.3. The van der Waals surface area contributed by atoms with Crippen molar-refractivity contribution in [2.24, 2.45) is 34.0 Å². The SMILES string of the molecule is C[C@@]12CCC3[C@]4(CCC[C@]3(C)C(=O)OC4)C1CC[C@]1(C)O[C@]3(CC(=O)C=CC3=O)CC21. The molecule has 8 atom stereocenters. The van der Waals surface area contributed by atoms with Crippen LogP contribution in [-0.2, 0) is 23.9 Å². The number of esters is 1. The van der Waals surface area contributed by atoms with Gasteiger partial charge in [-0.2, -0.15) is 0 Å². The van der Waals surface area contributed by atoms with Crippen LogP contribution in [0.15, 0.2) is 12.2 Å². The maximum atomic E-state index is 13.0. The van der Waals surface area contributed by atoms with Crippen molar-refractivity contribution in [2.75, 3.05) is 6.61 Å². The van der Waals surface area contributed by atoms with Crippen molar-refractivity contribution >= 4 is 17.5 Å². The average molecular weight is 427 g/mol. The monoisotopic (exact) mass is 426 g/mol. The number of allylic oxidation sites excluding steroid dienone is 1. The Kier molecular flexibility index (Phi) is 3.83. The van der Waals surface area contributed by atoms with E-state index in [9.17, 15) is 14.4 Å². The predicted octanol–water partition coefficient (Wildman–Crippen LogP) is 4.18. The molecule has 2 aliphatic heterocycles. The number of ketones is 2. The molecule has 2 bridgehead atoms. The molecule has 5 heteroatoms. The van der Waals surface area contributed by atoms with Gasteiger partial charge in [0.25, 0.3) is 0 Å². The third kappa shape index (κ3) is 2.29. The molecule has 0 N–H and O–H groups in total. The number of cyclic esters (lactones) is 1. The Morgan fingerprint density at radius 2 is 1.68 bits per heavy atom. The minimum Gasteiger partial charge on any atom is -0.465 e. The van der Waals surface area contributed by atoms with Gasteiger partial charge in [0, 0.05) is 11.8 Å². The summed E-state index contributed by atoms with van der Waals surface area (Å²) >= 11 is 0. The highest BCUT2D eigenvalue weighted by Gasteiger charge is 2.73. The summed E-state index contributed by atoms with van der Waals surface area (Å²) in [6.07, 6.45) is 10.9. The molecular formula is C26H34O5. The molecule has 31 heavy (non-hydrogen) atoms. The normalized spacial score (nSPS) is 55.5. The van der Waals surface area contributed by atoms with Crippen LogP contribution in [0.2, 0.25) is 0 Å². The molecule has 3 unspecified atom stereocenters. The number of ether oxygens (including phenoxy) is 2. The summed E-state index contributed by atoms with van der Waals surface area (Å²) in [5.74, 6) is 1.07. The van der Waals surface area contributed by atoms with Crippen LogP contribution >= 0.6 is 0 Å². The third-order valence-electron chi connectivity index (χ3n) is 11.0. The van der Waals surface area contributed by atoms with Crippen LogP contribution in [0.3, 0.4) is 0 Å². The molecule has 2 heterocycles. The van der Waals surface area contributed by atoms with E-state index in [0.717, 1.165) is 44.9 Å². The van der Waals surface area contributed by atoms with Crippen molar-refractivity contribution in [3.63, 3.8) is 0 Å². The van der Waals surface area contributed by atoms with E-state index in [0.29, 0.717) is 24.9 Å². The predicted molar refractivity (Wildman–Crippen MR) is 113 cm³/mol. The number of fused-ring (bicyclic) bond motifs is 3.